The maximum Gasteiger partial charge on any atom is 0.320 e. The summed E-state index contributed by atoms with van der Waals surface area (Å²) in [5.74, 6) is -1.61. The number of carbonyl (C=O) groups excluding carboxylic acids is 1. The Balaban J connectivity index is 1.62. The van der Waals surface area contributed by atoms with Gasteiger partial charge in [0, 0.05) is 50.4 Å². The molecule has 0 bridgehead atoms. The van der Waals surface area contributed by atoms with Gasteiger partial charge in [-0.2, -0.15) is 0 Å². The van der Waals surface area contributed by atoms with Crippen LogP contribution in [0.4, 0.5) is 19.3 Å². The lowest BCUT2D eigenvalue weighted by molar-refractivity contribution is 0.105. The van der Waals surface area contributed by atoms with Crippen molar-refractivity contribution in [1.82, 2.24) is 14.7 Å². The van der Waals surface area contributed by atoms with Crippen LogP contribution in [0.15, 0.2) is 47.4 Å². The molecule has 2 saturated heterocycles. The zero-order chi connectivity index (χ0) is 25.9. The third-order valence-electron chi connectivity index (χ3n) is 6.70. The lowest BCUT2D eigenvalue weighted by Crippen LogP contribution is -2.57. The van der Waals surface area contributed by atoms with E-state index in [1.807, 2.05) is 0 Å². The van der Waals surface area contributed by atoms with Gasteiger partial charge in [-0.25, -0.2) is 22.0 Å². The molecule has 0 spiro atoms. The Kier molecular flexibility index (Phi) is 8.37. The first-order valence-electron chi connectivity index (χ1n) is 12.2. The molecule has 0 N–H and O–H groups in total. The number of piperazine rings is 1. The van der Waals surface area contributed by atoms with Crippen LogP contribution >= 0.6 is 11.6 Å². The molecule has 2 aliphatic heterocycles. The quantitative estimate of drug-likeness (QED) is 0.544. The molecular formula is C25H31ClF2N4O3S. The van der Waals surface area contributed by atoms with E-state index in [4.69, 9.17) is 11.6 Å². The number of anilines is 1. The number of hydrogen-bond acceptors (Lipinski definition) is 4. The Morgan fingerprint density at radius 2 is 1.72 bits per heavy atom. The Hall–Kier alpha value is -2.43. The van der Waals surface area contributed by atoms with Gasteiger partial charge in [-0.1, -0.05) is 18.5 Å². The second kappa shape index (κ2) is 11.3. The van der Waals surface area contributed by atoms with Crippen LogP contribution in [0.2, 0.25) is 5.02 Å². The molecule has 2 aromatic rings. The maximum atomic E-state index is 14.9. The summed E-state index contributed by atoms with van der Waals surface area (Å²) in [6.45, 7) is 6.46. The first-order valence-corrected chi connectivity index (χ1v) is 14.0. The van der Waals surface area contributed by atoms with E-state index in [1.165, 1.54) is 24.3 Å². The summed E-state index contributed by atoms with van der Waals surface area (Å²) in [4.78, 5) is 19.0. The lowest BCUT2D eigenvalue weighted by Gasteiger charge is -2.42. The average Bonchev–Trinajstić information content (AvgIpc) is 2.87. The fourth-order valence-electron chi connectivity index (χ4n) is 4.90. The predicted molar refractivity (Wildman–Crippen MR) is 136 cm³/mol. The normalized spacial score (nSPS) is 19.4. The molecule has 0 saturated carbocycles. The zero-order valence-electron chi connectivity index (χ0n) is 20.2. The second-order valence-corrected chi connectivity index (χ2v) is 11.5. The molecule has 2 amide bonds. The minimum atomic E-state index is -4.29. The summed E-state index contributed by atoms with van der Waals surface area (Å²) in [7, 11) is -4.29. The number of benzene rings is 2. The number of hydrogen-bond donors (Lipinski definition) is 0. The molecule has 1 atom stereocenters. The van der Waals surface area contributed by atoms with Crippen molar-refractivity contribution in [2.45, 2.75) is 37.1 Å². The Bertz CT molecular complexity index is 1170. The van der Waals surface area contributed by atoms with E-state index in [9.17, 15) is 22.0 Å². The van der Waals surface area contributed by atoms with Gasteiger partial charge in [0.05, 0.1) is 16.6 Å². The van der Waals surface area contributed by atoms with Gasteiger partial charge < -0.3 is 9.80 Å². The molecule has 11 heteroatoms. The van der Waals surface area contributed by atoms with Crippen LogP contribution in [0.25, 0.3) is 0 Å². The van der Waals surface area contributed by atoms with Gasteiger partial charge in [-0.3, -0.25) is 9.21 Å². The van der Waals surface area contributed by atoms with Gasteiger partial charge in [0.1, 0.15) is 11.6 Å². The molecular weight excluding hydrogens is 510 g/mol. The second-order valence-electron chi connectivity index (χ2n) is 9.20. The van der Waals surface area contributed by atoms with Gasteiger partial charge in [0.15, 0.2) is 0 Å². The number of halogens is 3. The Morgan fingerprint density at radius 1 is 1.03 bits per heavy atom. The van der Waals surface area contributed by atoms with Gasteiger partial charge in [-0.15, -0.1) is 0 Å². The molecule has 0 radical (unpaired) electrons. The lowest BCUT2D eigenvalue weighted by atomic mass is 10.1. The van der Waals surface area contributed by atoms with E-state index < -0.39 is 27.7 Å². The number of rotatable bonds is 6. The summed E-state index contributed by atoms with van der Waals surface area (Å²) in [5.41, 5.74) is -0.377. The molecule has 7 nitrogen and oxygen atoms in total. The van der Waals surface area contributed by atoms with Crippen LogP contribution in [0.5, 0.6) is 0 Å². The number of nitrogens with zero attached hydrogens (tertiary/aromatic N) is 4. The van der Waals surface area contributed by atoms with Crippen molar-refractivity contribution in [1.29, 1.82) is 0 Å². The monoisotopic (exact) mass is 540 g/mol. The highest BCUT2D eigenvalue weighted by Gasteiger charge is 2.38. The summed E-state index contributed by atoms with van der Waals surface area (Å²) in [6, 6.07) is 7.37. The summed E-state index contributed by atoms with van der Waals surface area (Å²) in [6.07, 6.45) is 1.99. The number of sulfonamides is 1. The number of carbonyl (C=O) groups is 1. The minimum absolute atomic E-state index is 0.0801. The van der Waals surface area contributed by atoms with E-state index >= 15 is 0 Å². The fourth-order valence-corrected chi connectivity index (χ4v) is 6.69. The highest BCUT2D eigenvalue weighted by Crippen LogP contribution is 2.33. The molecule has 36 heavy (non-hydrogen) atoms. The van der Waals surface area contributed by atoms with Gasteiger partial charge in [0.25, 0.3) is 10.0 Å². The number of amides is 2. The van der Waals surface area contributed by atoms with Crippen molar-refractivity contribution in [3.63, 3.8) is 0 Å². The number of likely N-dealkylation sites (tertiary alicyclic amines) is 1. The summed E-state index contributed by atoms with van der Waals surface area (Å²) in [5, 5.41) is 0.353. The molecule has 2 heterocycles. The third-order valence-corrected chi connectivity index (χ3v) is 8.83. The van der Waals surface area contributed by atoms with Crippen LogP contribution in [-0.2, 0) is 10.0 Å². The SMILES string of the molecule is CCCN1CCN(C(=O)N2CCCC(N(c3cc(F)ccc3F)S(=O)(=O)c3ccc(Cl)cc3)C2)CC1. The molecule has 4 rings (SSSR count). The van der Waals surface area contributed by atoms with Crippen molar-refractivity contribution in [2.75, 3.05) is 50.1 Å². The highest BCUT2D eigenvalue weighted by atomic mass is 35.5. The largest absolute Gasteiger partial charge is 0.323 e. The molecule has 1 unspecified atom stereocenters. The van der Waals surface area contributed by atoms with Crippen molar-refractivity contribution in [3.8, 4) is 0 Å². The molecule has 2 aromatic carbocycles. The molecule has 2 aliphatic rings. The van der Waals surface area contributed by atoms with Crippen molar-refractivity contribution in [3.05, 3.63) is 59.1 Å². The standard InChI is InChI=1S/C25H31ClF2N4O3S/c1-2-11-29-13-15-30(16-14-29)25(33)31-12-3-4-21(18-31)32(24-17-20(27)7-10-23(24)28)36(34,35)22-8-5-19(26)6-9-22/h5-10,17,21H,2-4,11-16,18H2,1H3. The van der Waals surface area contributed by atoms with Crippen molar-refractivity contribution >= 4 is 33.3 Å². The number of piperidine rings is 1. The van der Waals surface area contributed by atoms with Crippen LogP contribution in [0.3, 0.4) is 0 Å². The summed E-state index contributed by atoms with van der Waals surface area (Å²) < 4.78 is 57.6. The van der Waals surface area contributed by atoms with Gasteiger partial charge >= 0.3 is 6.03 Å². The van der Waals surface area contributed by atoms with E-state index in [0.29, 0.717) is 37.5 Å². The van der Waals surface area contributed by atoms with Crippen molar-refractivity contribution < 1.29 is 22.0 Å². The maximum absolute atomic E-state index is 14.9. The van der Waals surface area contributed by atoms with Crippen molar-refractivity contribution in [2.24, 2.45) is 0 Å². The van der Waals surface area contributed by atoms with E-state index in [0.717, 1.165) is 48.6 Å². The van der Waals surface area contributed by atoms with Gasteiger partial charge in [0.2, 0.25) is 0 Å². The predicted octanol–water partition coefficient (Wildman–Crippen LogP) is 4.43. The summed E-state index contributed by atoms with van der Waals surface area (Å²) >= 11 is 5.94. The van der Waals surface area contributed by atoms with E-state index in [1.54, 1.807) is 9.80 Å². The third kappa shape index (κ3) is 5.76. The van der Waals surface area contributed by atoms with Crippen LogP contribution in [0.1, 0.15) is 26.2 Å². The topological polar surface area (TPSA) is 64.2 Å². The zero-order valence-corrected chi connectivity index (χ0v) is 21.8. The smallest absolute Gasteiger partial charge is 0.320 e. The average molecular weight is 541 g/mol. The molecule has 2 fully saturated rings. The first-order chi connectivity index (χ1) is 17.2. The van der Waals surface area contributed by atoms with Crippen LogP contribution in [0, 0.1) is 11.6 Å². The van der Waals surface area contributed by atoms with Gasteiger partial charge in [-0.05, 0) is 62.2 Å². The first kappa shape index (κ1) is 26.6. The van der Waals surface area contributed by atoms with Crippen LogP contribution < -0.4 is 4.31 Å². The number of urea groups is 1. The van der Waals surface area contributed by atoms with E-state index in [2.05, 4.69) is 11.8 Å². The molecule has 196 valence electrons. The van der Waals surface area contributed by atoms with Crippen LogP contribution in [-0.4, -0.2) is 81.0 Å². The molecule has 0 aliphatic carbocycles. The van der Waals surface area contributed by atoms with E-state index in [-0.39, 0.29) is 23.2 Å². The Labute approximate surface area is 216 Å². The fraction of sp³-hybridized carbons (Fsp3) is 0.480. The Morgan fingerprint density at radius 3 is 2.39 bits per heavy atom. The highest BCUT2D eigenvalue weighted by molar-refractivity contribution is 7.92. The molecule has 0 aromatic heterocycles. The minimum Gasteiger partial charge on any atom is -0.323 e.